The Bertz CT molecular complexity index is 636. The highest BCUT2D eigenvalue weighted by atomic mass is 32.1. The summed E-state index contributed by atoms with van der Waals surface area (Å²) in [5.74, 6) is 0.851. The van der Waals surface area contributed by atoms with Gasteiger partial charge in [-0.3, -0.25) is 5.43 Å². The van der Waals surface area contributed by atoms with Gasteiger partial charge in [0.2, 0.25) is 0 Å². The molecule has 2 rings (SSSR count). The van der Waals surface area contributed by atoms with Crippen LogP contribution in [0, 0.1) is 6.92 Å². The predicted octanol–water partition coefficient (Wildman–Crippen LogP) is 3.71. The topological polar surface area (TPSA) is 45.6 Å². The molecule has 0 aliphatic carbocycles. The summed E-state index contributed by atoms with van der Waals surface area (Å²) in [5, 5.41) is 7.63. The SMILES string of the molecule is CCOc1ccc(C=NNC(=S)Nc2ccc(C)cc2)cc1. The van der Waals surface area contributed by atoms with Crippen molar-refractivity contribution < 1.29 is 4.74 Å². The number of hydrogen-bond donors (Lipinski definition) is 2. The van der Waals surface area contributed by atoms with Crippen LogP contribution in [0.2, 0.25) is 0 Å². The summed E-state index contributed by atoms with van der Waals surface area (Å²) in [6, 6.07) is 15.7. The molecule has 2 aromatic rings. The Hall–Kier alpha value is -2.40. The number of nitrogens with zero attached hydrogens (tertiary/aromatic N) is 1. The lowest BCUT2D eigenvalue weighted by Crippen LogP contribution is -2.23. The Morgan fingerprint density at radius 3 is 2.45 bits per heavy atom. The van der Waals surface area contributed by atoms with E-state index in [1.807, 2.05) is 62.4 Å². The van der Waals surface area contributed by atoms with Crippen molar-refractivity contribution in [3.63, 3.8) is 0 Å². The highest BCUT2D eigenvalue weighted by Crippen LogP contribution is 2.11. The lowest BCUT2D eigenvalue weighted by Gasteiger charge is -2.07. The van der Waals surface area contributed by atoms with E-state index in [4.69, 9.17) is 17.0 Å². The Morgan fingerprint density at radius 1 is 1.14 bits per heavy atom. The van der Waals surface area contributed by atoms with Crippen molar-refractivity contribution in [2.24, 2.45) is 5.10 Å². The molecule has 2 N–H and O–H groups in total. The van der Waals surface area contributed by atoms with E-state index >= 15 is 0 Å². The molecule has 0 radical (unpaired) electrons. The van der Waals surface area contributed by atoms with Gasteiger partial charge in [0.05, 0.1) is 12.8 Å². The first-order valence-corrected chi connectivity index (χ1v) is 7.48. The second kappa shape index (κ2) is 8.14. The molecule has 0 fully saturated rings. The summed E-state index contributed by atoms with van der Waals surface area (Å²) in [5.41, 5.74) is 5.90. The standard InChI is InChI=1S/C17H19N3OS/c1-3-21-16-10-6-14(7-11-16)12-18-20-17(22)19-15-8-4-13(2)5-9-15/h4-12H,3H2,1-2H3,(H2,19,20,22). The normalized spacial score (nSPS) is 10.5. The molecule has 114 valence electrons. The Labute approximate surface area is 136 Å². The number of benzene rings is 2. The van der Waals surface area contributed by atoms with Crippen molar-refractivity contribution in [3.05, 3.63) is 59.7 Å². The molecule has 0 bridgehead atoms. The summed E-state index contributed by atoms with van der Waals surface area (Å²) in [4.78, 5) is 0. The van der Waals surface area contributed by atoms with Crippen LogP contribution in [0.5, 0.6) is 5.75 Å². The number of hydrogen-bond acceptors (Lipinski definition) is 3. The van der Waals surface area contributed by atoms with Gasteiger partial charge >= 0.3 is 0 Å². The first-order chi connectivity index (χ1) is 10.7. The molecule has 0 amide bonds. The van der Waals surface area contributed by atoms with Gasteiger partial charge in [-0.05, 0) is 68.0 Å². The summed E-state index contributed by atoms with van der Waals surface area (Å²) in [6.45, 7) is 4.66. The molecule has 0 aliphatic rings. The van der Waals surface area contributed by atoms with Crippen LogP contribution in [-0.2, 0) is 0 Å². The van der Waals surface area contributed by atoms with E-state index < -0.39 is 0 Å². The molecule has 0 atom stereocenters. The van der Waals surface area contributed by atoms with Crippen molar-refractivity contribution >= 4 is 29.2 Å². The fourth-order valence-corrected chi connectivity index (χ4v) is 1.95. The van der Waals surface area contributed by atoms with Crippen LogP contribution in [0.15, 0.2) is 53.6 Å². The lowest BCUT2D eigenvalue weighted by molar-refractivity contribution is 0.340. The zero-order chi connectivity index (χ0) is 15.8. The Morgan fingerprint density at radius 2 is 1.82 bits per heavy atom. The van der Waals surface area contributed by atoms with E-state index in [0.717, 1.165) is 17.0 Å². The molecule has 0 heterocycles. The molecule has 0 aliphatic heterocycles. The van der Waals surface area contributed by atoms with Crippen LogP contribution in [0.4, 0.5) is 5.69 Å². The third kappa shape index (κ3) is 5.18. The van der Waals surface area contributed by atoms with Gasteiger partial charge in [-0.15, -0.1) is 0 Å². The predicted molar refractivity (Wildman–Crippen MR) is 95.7 cm³/mol. The van der Waals surface area contributed by atoms with Crippen LogP contribution < -0.4 is 15.5 Å². The maximum Gasteiger partial charge on any atom is 0.191 e. The molecular weight excluding hydrogens is 294 g/mol. The minimum atomic E-state index is 0.450. The van der Waals surface area contributed by atoms with E-state index in [1.54, 1.807) is 6.21 Å². The van der Waals surface area contributed by atoms with E-state index in [0.29, 0.717) is 11.7 Å². The highest BCUT2D eigenvalue weighted by Gasteiger charge is 1.96. The van der Waals surface area contributed by atoms with Crippen LogP contribution in [0.1, 0.15) is 18.1 Å². The summed E-state index contributed by atoms with van der Waals surface area (Å²) in [7, 11) is 0. The minimum absolute atomic E-state index is 0.450. The van der Waals surface area contributed by atoms with Crippen molar-refractivity contribution in [2.75, 3.05) is 11.9 Å². The van der Waals surface area contributed by atoms with Crippen molar-refractivity contribution in [3.8, 4) is 5.75 Å². The van der Waals surface area contributed by atoms with Gasteiger partial charge in [0, 0.05) is 5.69 Å². The molecule has 0 saturated heterocycles. The summed E-state index contributed by atoms with van der Waals surface area (Å²) < 4.78 is 5.39. The Kier molecular flexibility index (Phi) is 5.91. The second-order valence-electron chi connectivity index (χ2n) is 4.69. The first kappa shape index (κ1) is 16.0. The number of nitrogens with one attached hydrogen (secondary N) is 2. The average Bonchev–Trinajstić information content (AvgIpc) is 2.52. The third-order valence-electron chi connectivity index (χ3n) is 2.88. The number of thiocarbonyl (C=S) groups is 1. The van der Waals surface area contributed by atoms with E-state index in [2.05, 4.69) is 15.8 Å². The van der Waals surface area contributed by atoms with E-state index in [9.17, 15) is 0 Å². The molecular formula is C17H19N3OS. The maximum atomic E-state index is 5.39. The van der Waals surface area contributed by atoms with Gasteiger partial charge in [-0.25, -0.2) is 0 Å². The van der Waals surface area contributed by atoms with Crippen LogP contribution in [0.3, 0.4) is 0 Å². The fraction of sp³-hybridized carbons (Fsp3) is 0.176. The largest absolute Gasteiger partial charge is 0.494 e. The van der Waals surface area contributed by atoms with Crippen molar-refractivity contribution in [1.29, 1.82) is 0 Å². The molecule has 0 spiro atoms. The van der Waals surface area contributed by atoms with Gasteiger partial charge in [-0.2, -0.15) is 5.10 Å². The number of hydrazone groups is 1. The van der Waals surface area contributed by atoms with Gasteiger partial charge < -0.3 is 10.1 Å². The molecule has 4 nitrogen and oxygen atoms in total. The number of anilines is 1. The van der Waals surface area contributed by atoms with Gasteiger partial charge in [0.15, 0.2) is 5.11 Å². The molecule has 22 heavy (non-hydrogen) atoms. The molecule has 0 saturated carbocycles. The second-order valence-corrected chi connectivity index (χ2v) is 5.10. The van der Waals surface area contributed by atoms with Crippen LogP contribution in [-0.4, -0.2) is 17.9 Å². The summed E-state index contributed by atoms with van der Waals surface area (Å²) in [6.07, 6.45) is 1.71. The first-order valence-electron chi connectivity index (χ1n) is 7.07. The number of ether oxygens (including phenoxy) is 1. The quantitative estimate of drug-likeness (QED) is 0.502. The third-order valence-corrected chi connectivity index (χ3v) is 3.07. The molecule has 5 heteroatoms. The number of rotatable bonds is 5. The summed E-state index contributed by atoms with van der Waals surface area (Å²) >= 11 is 5.18. The monoisotopic (exact) mass is 313 g/mol. The zero-order valence-electron chi connectivity index (χ0n) is 12.7. The van der Waals surface area contributed by atoms with Crippen molar-refractivity contribution in [2.45, 2.75) is 13.8 Å². The fourth-order valence-electron chi connectivity index (χ4n) is 1.78. The molecule has 2 aromatic carbocycles. The van der Waals surface area contributed by atoms with Gasteiger partial charge in [0.1, 0.15) is 5.75 Å². The van der Waals surface area contributed by atoms with Gasteiger partial charge in [-0.1, -0.05) is 17.7 Å². The molecule has 0 unspecified atom stereocenters. The van der Waals surface area contributed by atoms with Crippen LogP contribution in [0.25, 0.3) is 0 Å². The lowest BCUT2D eigenvalue weighted by atomic mass is 10.2. The van der Waals surface area contributed by atoms with Crippen molar-refractivity contribution in [1.82, 2.24) is 5.43 Å². The average molecular weight is 313 g/mol. The zero-order valence-corrected chi connectivity index (χ0v) is 13.5. The molecule has 0 aromatic heterocycles. The number of aryl methyl sites for hydroxylation is 1. The minimum Gasteiger partial charge on any atom is -0.494 e. The highest BCUT2D eigenvalue weighted by molar-refractivity contribution is 7.80. The van der Waals surface area contributed by atoms with E-state index in [-0.39, 0.29) is 0 Å². The van der Waals surface area contributed by atoms with E-state index in [1.165, 1.54) is 5.56 Å². The van der Waals surface area contributed by atoms with Gasteiger partial charge in [0.25, 0.3) is 0 Å². The maximum absolute atomic E-state index is 5.39. The smallest absolute Gasteiger partial charge is 0.191 e. The van der Waals surface area contributed by atoms with Crippen LogP contribution >= 0.6 is 12.2 Å². The Balaban J connectivity index is 1.83.